The zero-order chi connectivity index (χ0) is 11.4. The minimum Gasteiger partial charge on any atom is -0.345 e. The lowest BCUT2D eigenvalue weighted by molar-refractivity contribution is 0.568. The third-order valence-electron chi connectivity index (χ3n) is 2.65. The number of nitrogens with zero attached hydrogens (tertiary/aromatic N) is 1. The van der Waals surface area contributed by atoms with Gasteiger partial charge in [0.15, 0.2) is 0 Å². The van der Waals surface area contributed by atoms with Gasteiger partial charge < -0.3 is 10.3 Å². The van der Waals surface area contributed by atoms with Gasteiger partial charge in [0.05, 0.1) is 0 Å². The highest BCUT2D eigenvalue weighted by molar-refractivity contribution is 5.18. The molecule has 1 aromatic heterocycles. The van der Waals surface area contributed by atoms with Crippen LogP contribution in [0.25, 0.3) is 0 Å². The van der Waals surface area contributed by atoms with Crippen LogP contribution in [0.4, 0.5) is 0 Å². The molecule has 0 saturated carbocycles. The maximum atomic E-state index is 4.17. The third-order valence-corrected chi connectivity index (χ3v) is 2.65. The van der Waals surface area contributed by atoms with Crippen molar-refractivity contribution in [2.45, 2.75) is 26.4 Å². The first kappa shape index (κ1) is 10.9. The van der Waals surface area contributed by atoms with Crippen LogP contribution in [0.1, 0.15) is 30.0 Å². The molecule has 0 saturated heterocycles. The van der Waals surface area contributed by atoms with Crippen LogP contribution in [-0.2, 0) is 6.54 Å². The summed E-state index contributed by atoms with van der Waals surface area (Å²) in [6.45, 7) is 4.94. The second-order valence-corrected chi connectivity index (χ2v) is 4.01. The van der Waals surface area contributed by atoms with Gasteiger partial charge in [0.25, 0.3) is 0 Å². The predicted molar refractivity (Wildman–Crippen MR) is 65.0 cm³/mol. The van der Waals surface area contributed by atoms with Gasteiger partial charge in [-0.3, -0.25) is 0 Å². The zero-order valence-electron chi connectivity index (χ0n) is 9.70. The topological polar surface area (TPSA) is 40.7 Å². The molecule has 1 heterocycles. The number of benzene rings is 1. The summed E-state index contributed by atoms with van der Waals surface area (Å²) >= 11 is 0. The van der Waals surface area contributed by atoms with Crippen molar-refractivity contribution in [3.63, 3.8) is 0 Å². The fourth-order valence-corrected chi connectivity index (χ4v) is 1.68. The van der Waals surface area contributed by atoms with Crippen molar-refractivity contribution in [2.75, 3.05) is 0 Å². The Kier molecular flexibility index (Phi) is 3.37. The molecule has 2 rings (SSSR count). The van der Waals surface area contributed by atoms with E-state index in [1.165, 1.54) is 5.56 Å². The smallest absolute Gasteiger partial charge is 0.103 e. The number of imidazole rings is 1. The Labute approximate surface area is 95.9 Å². The van der Waals surface area contributed by atoms with E-state index in [4.69, 9.17) is 0 Å². The zero-order valence-corrected chi connectivity index (χ0v) is 9.70. The lowest BCUT2D eigenvalue weighted by Crippen LogP contribution is -2.18. The normalized spacial score (nSPS) is 12.6. The van der Waals surface area contributed by atoms with Crippen LogP contribution in [0.2, 0.25) is 0 Å². The van der Waals surface area contributed by atoms with Crippen LogP contribution < -0.4 is 5.32 Å². The van der Waals surface area contributed by atoms with E-state index in [9.17, 15) is 0 Å². The van der Waals surface area contributed by atoms with Crippen molar-refractivity contribution in [3.8, 4) is 0 Å². The molecule has 1 unspecified atom stereocenters. The van der Waals surface area contributed by atoms with Crippen LogP contribution in [-0.4, -0.2) is 9.97 Å². The lowest BCUT2D eigenvalue weighted by Gasteiger charge is -2.13. The van der Waals surface area contributed by atoms with E-state index >= 15 is 0 Å². The van der Waals surface area contributed by atoms with E-state index in [0.717, 1.165) is 18.1 Å². The predicted octanol–water partition coefficient (Wildman–Crippen LogP) is 2.57. The fraction of sp³-hybridized carbons (Fsp3) is 0.308. The van der Waals surface area contributed by atoms with Crippen molar-refractivity contribution < 1.29 is 0 Å². The Balaban J connectivity index is 1.91. The monoisotopic (exact) mass is 215 g/mol. The second-order valence-electron chi connectivity index (χ2n) is 4.01. The van der Waals surface area contributed by atoms with Crippen LogP contribution >= 0.6 is 0 Å². The van der Waals surface area contributed by atoms with E-state index < -0.39 is 0 Å². The van der Waals surface area contributed by atoms with E-state index in [-0.39, 0.29) is 0 Å². The summed E-state index contributed by atoms with van der Waals surface area (Å²) < 4.78 is 0. The van der Waals surface area contributed by atoms with Gasteiger partial charge in [-0.2, -0.15) is 0 Å². The average Bonchev–Trinajstić information content (AvgIpc) is 2.73. The Bertz CT molecular complexity index is 433. The van der Waals surface area contributed by atoms with Crippen LogP contribution in [0, 0.1) is 6.92 Å². The molecule has 0 aliphatic carbocycles. The first-order valence-corrected chi connectivity index (χ1v) is 5.54. The molecule has 0 bridgehead atoms. The molecule has 0 amide bonds. The lowest BCUT2D eigenvalue weighted by atomic mass is 10.1. The molecule has 0 radical (unpaired) electrons. The molecule has 16 heavy (non-hydrogen) atoms. The number of hydrogen-bond donors (Lipinski definition) is 2. The minimum atomic E-state index is 0.352. The highest BCUT2D eigenvalue weighted by atomic mass is 15.0. The molecule has 3 heteroatoms. The van der Waals surface area contributed by atoms with Crippen molar-refractivity contribution in [1.29, 1.82) is 0 Å². The first-order valence-electron chi connectivity index (χ1n) is 5.54. The molecule has 0 spiro atoms. The molecule has 2 N–H and O–H groups in total. The average molecular weight is 215 g/mol. The van der Waals surface area contributed by atoms with Gasteiger partial charge in [-0.05, 0) is 19.4 Å². The number of rotatable bonds is 4. The van der Waals surface area contributed by atoms with E-state index in [1.807, 2.05) is 19.2 Å². The maximum Gasteiger partial charge on any atom is 0.103 e. The molecular weight excluding hydrogens is 198 g/mol. The van der Waals surface area contributed by atoms with Gasteiger partial charge in [0.2, 0.25) is 0 Å². The molecule has 0 fully saturated rings. The number of H-pyrrole nitrogens is 1. The summed E-state index contributed by atoms with van der Waals surface area (Å²) in [5.74, 6) is 0.962. The van der Waals surface area contributed by atoms with E-state index in [2.05, 4.69) is 46.5 Å². The quantitative estimate of drug-likeness (QED) is 0.823. The molecule has 1 atom stereocenters. The summed E-state index contributed by atoms with van der Waals surface area (Å²) in [7, 11) is 0. The maximum absolute atomic E-state index is 4.17. The fourth-order valence-electron chi connectivity index (χ4n) is 1.68. The Morgan fingerprint density at radius 3 is 2.69 bits per heavy atom. The van der Waals surface area contributed by atoms with Gasteiger partial charge in [-0.1, -0.05) is 30.3 Å². The number of aromatic amines is 1. The number of aromatic nitrogens is 2. The van der Waals surface area contributed by atoms with Crippen molar-refractivity contribution in [3.05, 3.63) is 53.6 Å². The summed E-state index contributed by atoms with van der Waals surface area (Å²) in [5, 5.41) is 3.46. The number of nitrogens with one attached hydrogen (secondary N) is 2. The largest absolute Gasteiger partial charge is 0.345 e. The van der Waals surface area contributed by atoms with Crippen molar-refractivity contribution in [2.24, 2.45) is 0 Å². The van der Waals surface area contributed by atoms with Gasteiger partial charge in [-0.25, -0.2) is 4.98 Å². The van der Waals surface area contributed by atoms with Crippen LogP contribution in [0.5, 0.6) is 0 Å². The molecule has 3 nitrogen and oxygen atoms in total. The van der Waals surface area contributed by atoms with Gasteiger partial charge in [-0.15, -0.1) is 0 Å². The Morgan fingerprint density at radius 1 is 1.31 bits per heavy atom. The SMILES string of the molecule is Cc1ncc(CNC(C)c2ccccc2)[nH]1. The van der Waals surface area contributed by atoms with E-state index in [0.29, 0.717) is 6.04 Å². The first-order chi connectivity index (χ1) is 7.75. The third kappa shape index (κ3) is 2.70. The second kappa shape index (κ2) is 4.94. The van der Waals surface area contributed by atoms with Gasteiger partial charge in [0.1, 0.15) is 5.82 Å². The molecule has 0 aliphatic rings. The standard InChI is InChI=1S/C13H17N3/c1-10(12-6-4-3-5-7-12)14-8-13-9-15-11(2)16-13/h3-7,9-10,14H,8H2,1-2H3,(H,15,16). The highest BCUT2D eigenvalue weighted by Crippen LogP contribution is 2.11. The number of aryl methyl sites for hydroxylation is 1. The molecular formula is C13H17N3. The minimum absolute atomic E-state index is 0.352. The van der Waals surface area contributed by atoms with Crippen molar-refractivity contribution >= 4 is 0 Å². The Morgan fingerprint density at radius 2 is 2.06 bits per heavy atom. The van der Waals surface area contributed by atoms with Gasteiger partial charge >= 0.3 is 0 Å². The molecule has 0 aliphatic heterocycles. The van der Waals surface area contributed by atoms with Gasteiger partial charge in [0, 0.05) is 24.5 Å². The summed E-state index contributed by atoms with van der Waals surface area (Å²) in [6, 6.07) is 10.8. The van der Waals surface area contributed by atoms with Crippen molar-refractivity contribution in [1.82, 2.24) is 15.3 Å². The van der Waals surface area contributed by atoms with E-state index in [1.54, 1.807) is 0 Å². The van der Waals surface area contributed by atoms with Crippen LogP contribution in [0.15, 0.2) is 36.5 Å². The Hall–Kier alpha value is -1.61. The molecule has 84 valence electrons. The molecule has 1 aromatic carbocycles. The number of hydrogen-bond acceptors (Lipinski definition) is 2. The highest BCUT2D eigenvalue weighted by Gasteiger charge is 2.04. The summed E-state index contributed by atoms with van der Waals surface area (Å²) in [6.07, 6.45) is 1.88. The summed E-state index contributed by atoms with van der Waals surface area (Å²) in [5.41, 5.74) is 2.43. The summed E-state index contributed by atoms with van der Waals surface area (Å²) in [4.78, 5) is 7.38. The molecule has 2 aromatic rings. The van der Waals surface area contributed by atoms with Crippen LogP contribution in [0.3, 0.4) is 0 Å².